The summed E-state index contributed by atoms with van der Waals surface area (Å²) in [6.45, 7) is 0. The van der Waals surface area contributed by atoms with Gasteiger partial charge in [-0.2, -0.15) is 0 Å². The van der Waals surface area contributed by atoms with Crippen molar-refractivity contribution in [3.05, 3.63) is 224 Å². The summed E-state index contributed by atoms with van der Waals surface area (Å²) in [5.41, 5.74) is 14.6. The second kappa shape index (κ2) is 14.1. The molecule has 11 rings (SSSR count). The van der Waals surface area contributed by atoms with Crippen LogP contribution in [-0.2, 0) is 0 Å². The van der Waals surface area contributed by atoms with Crippen molar-refractivity contribution < 1.29 is 4.42 Å². The Labute approximate surface area is 337 Å². The molecule has 0 aliphatic rings. The lowest BCUT2D eigenvalue weighted by Gasteiger charge is -2.26. The van der Waals surface area contributed by atoms with Gasteiger partial charge in [-0.3, -0.25) is 0 Å². The van der Waals surface area contributed by atoms with Crippen LogP contribution >= 0.6 is 0 Å². The van der Waals surface area contributed by atoms with Crippen LogP contribution in [0, 0.1) is 0 Å². The third-order valence-electron chi connectivity index (χ3n) is 11.5. The van der Waals surface area contributed by atoms with Crippen molar-refractivity contribution >= 4 is 60.5 Å². The van der Waals surface area contributed by atoms with Gasteiger partial charge in [0.2, 0.25) is 0 Å². The zero-order chi connectivity index (χ0) is 38.4. The number of anilines is 3. The molecule has 1 heterocycles. The fraction of sp³-hybridized carbons (Fsp3) is 0. The fourth-order valence-corrected chi connectivity index (χ4v) is 8.61. The van der Waals surface area contributed by atoms with E-state index in [9.17, 15) is 0 Å². The zero-order valence-electron chi connectivity index (χ0n) is 31.7. The van der Waals surface area contributed by atoms with Crippen LogP contribution in [0.2, 0.25) is 0 Å². The predicted molar refractivity (Wildman–Crippen MR) is 245 cm³/mol. The summed E-state index contributed by atoms with van der Waals surface area (Å²) in [4.78, 5) is 2.36. The van der Waals surface area contributed by atoms with Crippen LogP contribution in [0.15, 0.2) is 229 Å². The van der Waals surface area contributed by atoms with E-state index >= 15 is 0 Å². The number of fused-ring (bicyclic) bond motifs is 6. The monoisotopic (exact) mass is 739 g/mol. The Bertz CT molecular complexity index is 3250. The summed E-state index contributed by atoms with van der Waals surface area (Å²) in [6.07, 6.45) is 0. The summed E-state index contributed by atoms with van der Waals surface area (Å²) < 4.78 is 6.58. The lowest BCUT2D eigenvalue weighted by atomic mass is 9.97. The molecule has 272 valence electrons. The molecule has 1 aromatic heterocycles. The summed E-state index contributed by atoms with van der Waals surface area (Å²) in [7, 11) is 0. The zero-order valence-corrected chi connectivity index (χ0v) is 31.7. The molecular weight excluding hydrogens is 703 g/mol. The number of nitrogens with zero attached hydrogens (tertiary/aromatic N) is 1. The van der Waals surface area contributed by atoms with Gasteiger partial charge in [0.15, 0.2) is 0 Å². The molecule has 2 heteroatoms. The van der Waals surface area contributed by atoms with Crippen LogP contribution in [0.4, 0.5) is 17.1 Å². The molecule has 2 nitrogen and oxygen atoms in total. The SMILES string of the molecule is c1ccc(-c2ccc(-c3ccc(N(c4ccc(-c5cccc6ccccc56)cc4)c4cccc(-c5cccc6oc7c8ccccc8ccc7c56)c4)cc3)cc2)cc1. The lowest BCUT2D eigenvalue weighted by Crippen LogP contribution is -2.10. The molecule has 10 aromatic carbocycles. The maximum atomic E-state index is 6.58. The highest BCUT2D eigenvalue weighted by atomic mass is 16.3. The lowest BCUT2D eigenvalue weighted by molar-refractivity contribution is 0.673. The van der Waals surface area contributed by atoms with Crippen molar-refractivity contribution in [2.75, 3.05) is 4.90 Å². The first kappa shape index (κ1) is 33.6. The summed E-state index contributed by atoms with van der Waals surface area (Å²) in [5, 5.41) is 7.06. The van der Waals surface area contributed by atoms with Gasteiger partial charge in [-0.25, -0.2) is 0 Å². The van der Waals surface area contributed by atoms with Gasteiger partial charge < -0.3 is 9.32 Å². The first-order chi connectivity index (χ1) is 28.7. The summed E-state index contributed by atoms with van der Waals surface area (Å²) in [5.74, 6) is 0. The highest BCUT2D eigenvalue weighted by molar-refractivity contribution is 6.19. The van der Waals surface area contributed by atoms with Gasteiger partial charge in [0.1, 0.15) is 11.2 Å². The van der Waals surface area contributed by atoms with Gasteiger partial charge in [-0.15, -0.1) is 0 Å². The Morgan fingerprint density at radius 1 is 0.293 bits per heavy atom. The molecule has 0 aliphatic heterocycles. The maximum absolute atomic E-state index is 6.58. The van der Waals surface area contributed by atoms with E-state index in [-0.39, 0.29) is 0 Å². The van der Waals surface area contributed by atoms with E-state index in [0.717, 1.165) is 55.5 Å². The first-order valence-corrected chi connectivity index (χ1v) is 19.8. The Balaban J connectivity index is 1.01. The molecule has 0 saturated carbocycles. The van der Waals surface area contributed by atoms with Gasteiger partial charge in [-0.05, 0) is 109 Å². The normalized spacial score (nSPS) is 11.4. The van der Waals surface area contributed by atoms with Gasteiger partial charge in [-0.1, -0.05) is 176 Å². The molecule has 0 N–H and O–H groups in total. The Morgan fingerprint density at radius 3 is 1.53 bits per heavy atom. The fourth-order valence-electron chi connectivity index (χ4n) is 8.61. The van der Waals surface area contributed by atoms with E-state index < -0.39 is 0 Å². The smallest absolute Gasteiger partial charge is 0.143 e. The molecular formula is C56H37NO. The van der Waals surface area contributed by atoms with E-state index in [4.69, 9.17) is 4.42 Å². The summed E-state index contributed by atoms with van der Waals surface area (Å²) >= 11 is 0. The van der Waals surface area contributed by atoms with Gasteiger partial charge >= 0.3 is 0 Å². The minimum absolute atomic E-state index is 0.891. The third kappa shape index (κ3) is 5.91. The molecule has 0 atom stereocenters. The Morgan fingerprint density at radius 2 is 0.810 bits per heavy atom. The molecule has 0 unspecified atom stereocenters. The molecule has 0 saturated heterocycles. The Hall–Kier alpha value is -7.68. The van der Waals surface area contributed by atoms with E-state index in [0.29, 0.717) is 0 Å². The van der Waals surface area contributed by atoms with Gasteiger partial charge in [0, 0.05) is 33.2 Å². The minimum Gasteiger partial charge on any atom is -0.455 e. The quantitative estimate of drug-likeness (QED) is 0.162. The van der Waals surface area contributed by atoms with Crippen molar-refractivity contribution in [1.29, 1.82) is 0 Å². The minimum atomic E-state index is 0.891. The molecule has 0 bridgehead atoms. The van der Waals surface area contributed by atoms with E-state index in [2.05, 4.69) is 229 Å². The number of rotatable bonds is 7. The van der Waals surface area contributed by atoms with Gasteiger partial charge in [0.05, 0.1) is 0 Å². The van der Waals surface area contributed by atoms with Crippen molar-refractivity contribution in [2.24, 2.45) is 0 Å². The molecule has 0 spiro atoms. The van der Waals surface area contributed by atoms with Crippen molar-refractivity contribution in [2.45, 2.75) is 0 Å². The third-order valence-corrected chi connectivity index (χ3v) is 11.5. The van der Waals surface area contributed by atoms with Crippen LogP contribution in [0.3, 0.4) is 0 Å². The van der Waals surface area contributed by atoms with E-state index in [1.807, 2.05) is 0 Å². The van der Waals surface area contributed by atoms with Crippen LogP contribution < -0.4 is 4.90 Å². The van der Waals surface area contributed by atoms with Crippen LogP contribution in [0.1, 0.15) is 0 Å². The highest BCUT2D eigenvalue weighted by Gasteiger charge is 2.18. The van der Waals surface area contributed by atoms with E-state index in [1.54, 1.807) is 0 Å². The first-order valence-electron chi connectivity index (χ1n) is 19.8. The van der Waals surface area contributed by atoms with Crippen molar-refractivity contribution in [3.8, 4) is 44.5 Å². The maximum Gasteiger partial charge on any atom is 0.143 e. The van der Waals surface area contributed by atoms with E-state index in [1.165, 1.54) is 49.5 Å². The second-order valence-corrected chi connectivity index (χ2v) is 14.9. The molecule has 0 aliphatic carbocycles. The number of furan rings is 1. The molecule has 11 aromatic rings. The standard InChI is InChI=1S/C56H37NO/c1-2-11-38(12-3-1)39-23-25-40(26-24-39)41-27-32-46(33-28-41)57(47-34-29-44(30-35-47)50-20-9-15-42-13-4-6-18-49(42)50)48-17-8-16-45(37-48)51-21-10-22-54-55(51)53-36-31-43-14-5-7-19-52(43)56(53)58-54/h1-37H. The predicted octanol–water partition coefficient (Wildman–Crippen LogP) is 16.0. The average Bonchev–Trinajstić information content (AvgIpc) is 3.70. The molecule has 0 fully saturated rings. The van der Waals surface area contributed by atoms with Crippen molar-refractivity contribution in [3.63, 3.8) is 0 Å². The molecule has 58 heavy (non-hydrogen) atoms. The molecule has 0 amide bonds. The number of hydrogen-bond donors (Lipinski definition) is 0. The van der Waals surface area contributed by atoms with Crippen LogP contribution in [0.25, 0.3) is 88.0 Å². The largest absolute Gasteiger partial charge is 0.455 e. The summed E-state index contributed by atoms with van der Waals surface area (Å²) in [6, 6.07) is 80.6. The van der Waals surface area contributed by atoms with Crippen LogP contribution in [0.5, 0.6) is 0 Å². The number of benzene rings is 10. The average molecular weight is 740 g/mol. The van der Waals surface area contributed by atoms with Crippen LogP contribution in [-0.4, -0.2) is 0 Å². The topological polar surface area (TPSA) is 16.4 Å². The van der Waals surface area contributed by atoms with Crippen molar-refractivity contribution in [1.82, 2.24) is 0 Å². The van der Waals surface area contributed by atoms with Gasteiger partial charge in [0.25, 0.3) is 0 Å². The highest BCUT2D eigenvalue weighted by Crippen LogP contribution is 2.43. The molecule has 0 radical (unpaired) electrons. The Kier molecular flexibility index (Phi) is 8.19. The second-order valence-electron chi connectivity index (χ2n) is 14.9. The number of hydrogen-bond acceptors (Lipinski definition) is 2.